The van der Waals surface area contributed by atoms with Gasteiger partial charge in [0.25, 0.3) is 5.91 Å². The first-order valence-electron chi connectivity index (χ1n) is 12.7. The number of fused-ring (bicyclic) bond motifs is 2. The average Bonchev–Trinajstić information content (AvgIpc) is 3.52. The summed E-state index contributed by atoms with van der Waals surface area (Å²) in [6, 6.07) is 23.5. The van der Waals surface area contributed by atoms with Gasteiger partial charge in [0.05, 0.1) is 51.4 Å². The SMILES string of the molecule is Cc1nn2ccccc2c1C(=O)N[C@@H](C)c1cc2cccc(C#Cc3cnn(C)c3)c2nc1-c1ccccc1. The second kappa shape index (κ2) is 9.92. The summed E-state index contributed by atoms with van der Waals surface area (Å²) in [6.07, 6.45) is 5.47. The molecular weight excluding hydrogens is 484 g/mol. The molecule has 0 aliphatic heterocycles. The molecule has 0 bridgehead atoms. The van der Waals surface area contributed by atoms with Gasteiger partial charge < -0.3 is 5.32 Å². The van der Waals surface area contributed by atoms with Gasteiger partial charge in [0.15, 0.2) is 0 Å². The number of pyridine rings is 2. The van der Waals surface area contributed by atoms with Crippen LogP contribution in [0.15, 0.2) is 91.4 Å². The van der Waals surface area contributed by atoms with Gasteiger partial charge in [-0.1, -0.05) is 60.4 Å². The maximum absolute atomic E-state index is 13.5. The Hall–Kier alpha value is -5.22. The fraction of sp³-hybridized carbons (Fsp3) is 0.125. The monoisotopic (exact) mass is 510 g/mol. The molecule has 1 atom stereocenters. The van der Waals surface area contributed by atoms with Gasteiger partial charge >= 0.3 is 0 Å². The lowest BCUT2D eigenvalue weighted by Crippen LogP contribution is -2.27. The molecule has 2 aromatic carbocycles. The predicted octanol–water partition coefficient (Wildman–Crippen LogP) is 5.48. The number of rotatable bonds is 4. The summed E-state index contributed by atoms with van der Waals surface area (Å²) in [7, 11) is 1.87. The first-order chi connectivity index (χ1) is 19.0. The van der Waals surface area contributed by atoms with Crippen molar-refractivity contribution in [1.29, 1.82) is 0 Å². The standard InChI is InChI=1S/C32H26N6O/c1-21(34-32(39)29-22(2)36-38-17-8-7-14-28(29)38)27-18-26-13-9-12-25(16-15-23-19-33-37(3)20-23)30(26)35-31(27)24-10-5-4-6-11-24/h4-14,17-21H,1-3H3,(H,34,39)/t21-/m0/s1. The molecule has 0 unspecified atom stereocenters. The quantitative estimate of drug-likeness (QED) is 0.319. The van der Waals surface area contributed by atoms with Crippen molar-refractivity contribution in [3.8, 4) is 23.1 Å². The van der Waals surface area contributed by atoms with E-state index in [1.807, 2.05) is 100 Å². The van der Waals surface area contributed by atoms with E-state index >= 15 is 0 Å². The molecule has 1 N–H and O–H groups in total. The summed E-state index contributed by atoms with van der Waals surface area (Å²) < 4.78 is 3.46. The number of hydrogen-bond donors (Lipinski definition) is 1. The summed E-state index contributed by atoms with van der Waals surface area (Å²) in [6.45, 7) is 3.84. The van der Waals surface area contributed by atoms with Gasteiger partial charge in [-0.15, -0.1) is 0 Å². The number of benzene rings is 2. The van der Waals surface area contributed by atoms with Crippen LogP contribution in [-0.2, 0) is 7.05 Å². The lowest BCUT2D eigenvalue weighted by Gasteiger charge is -2.19. The van der Waals surface area contributed by atoms with Crippen molar-refractivity contribution in [2.45, 2.75) is 19.9 Å². The number of aryl methyl sites for hydroxylation is 2. The molecule has 0 aliphatic carbocycles. The van der Waals surface area contributed by atoms with Crippen molar-refractivity contribution in [2.24, 2.45) is 7.05 Å². The first-order valence-corrected chi connectivity index (χ1v) is 12.7. The van der Waals surface area contributed by atoms with E-state index in [0.717, 1.165) is 44.4 Å². The van der Waals surface area contributed by atoms with Gasteiger partial charge in [-0.3, -0.25) is 9.48 Å². The third-order valence-electron chi connectivity index (χ3n) is 6.73. The Bertz CT molecular complexity index is 1910. The van der Waals surface area contributed by atoms with Crippen molar-refractivity contribution in [3.05, 3.63) is 119 Å². The van der Waals surface area contributed by atoms with Gasteiger partial charge in [0.1, 0.15) is 0 Å². The minimum absolute atomic E-state index is 0.170. The van der Waals surface area contributed by atoms with Gasteiger partial charge in [-0.05, 0) is 38.1 Å². The van der Waals surface area contributed by atoms with Crippen LogP contribution in [0, 0.1) is 18.8 Å². The van der Waals surface area contributed by atoms with E-state index in [9.17, 15) is 4.79 Å². The average molecular weight is 511 g/mol. The zero-order valence-corrected chi connectivity index (χ0v) is 21.9. The number of para-hydroxylation sites is 1. The Labute approximate surface area is 226 Å². The van der Waals surface area contributed by atoms with Gasteiger partial charge in [0.2, 0.25) is 0 Å². The lowest BCUT2D eigenvalue weighted by molar-refractivity contribution is 0.0941. The highest BCUT2D eigenvalue weighted by Crippen LogP contribution is 2.31. The third kappa shape index (κ3) is 4.64. The molecule has 6 aromatic rings. The smallest absolute Gasteiger partial charge is 0.255 e. The van der Waals surface area contributed by atoms with Crippen molar-refractivity contribution in [2.75, 3.05) is 0 Å². The summed E-state index contributed by atoms with van der Waals surface area (Å²) in [5.41, 5.74) is 7.22. The molecular formula is C32H26N6O. The Kier molecular flexibility index (Phi) is 6.14. The van der Waals surface area contributed by atoms with Crippen LogP contribution in [-0.4, -0.2) is 30.3 Å². The van der Waals surface area contributed by atoms with Gasteiger partial charge in [-0.2, -0.15) is 10.2 Å². The topological polar surface area (TPSA) is 77.1 Å². The number of nitrogens with zero attached hydrogens (tertiary/aromatic N) is 5. The molecule has 4 aromatic heterocycles. The van der Waals surface area contributed by atoms with E-state index in [0.29, 0.717) is 11.3 Å². The fourth-order valence-corrected chi connectivity index (χ4v) is 4.84. The second-order valence-corrected chi connectivity index (χ2v) is 9.51. The van der Waals surface area contributed by atoms with Crippen LogP contribution in [0.25, 0.3) is 27.7 Å². The number of hydrogen-bond acceptors (Lipinski definition) is 4. The van der Waals surface area contributed by atoms with E-state index in [1.165, 1.54) is 0 Å². The first kappa shape index (κ1) is 24.1. The third-order valence-corrected chi connectivity index (χ3v) is 6.73. The van der Waals surface area contributed by atoms with Gasteiger partial charge in [-0.25, -0.2) is 9.50 Å². The zero-order valence-electron chi connectivity index (χ0n) is 21.9. The molecule has 0 spiro atoms. The van der Waals surface area contributed by atoms with E-state index in [-0.39, 0.29) is 11.9 Å². The molecule has 0 aliphatic rings. The van der Waals surface area contributed by atoms with Crippen molar-refractivity contribution in [3.63, 3.8) is 0 Å². The molecule has 0 saturated carbocycles. The van der Waals surface area contributed by atoms with E-state index < -0.39 is 0 Å². The Balaban J connectivity index is 1.43. The van der Waals surface area contributed by atoms with Crippen LogP contribution < -0.4 is 5.32 Å². The molecule has 0 fully saturated rings. The van der Waals surface area contributed by atoms with Crippen LogP contribution in [0.5, 0.6) is 0 Å². The number of amides is 1. The molecule has 39 heavy (non-hydrogen) atoms. The summed E-state index contributed by atoms with van der Waals surface area (Å²) >= 11 is 0. The summed E-state index contributed by atoms with van der Waals surface area (Å²) in [5.74, 6) is 6.30. The fourth-order valence-electron chi connectivity index (χ4n) is 4.84. The molecule has 0 radical (unpaired) electrons. The maximum atomic E-state index is 13.5. The molecule has 190 valence electrons. The molecule has 1 amide bonds. The Morgan fingerprint density at radius 2 is 1.82 bits per heavy atom. The van der Waals surface area contributed by atoms with Crippen molar-refractivity contribution in [1.82, 2.24) is 29.7 Å². The van der Waals surface area contributed by atoms with Gasteiger partial charge in [0, 0.05) is 36.0 Å². The largest absolute Gasteiger partial charge is 0.345 e. The number of carbonyl (C=O) groups excluding carboxylic acids is 1. The molecule has 4 heterocycles. The van der Waals surface area contributed by atoms with Crippen LogP contribution in [0.2, 0.25) is 0 Å². The summed E-state index contributed by atoms with van der Waals surface area (Å²) in [5, 5.41) is 12.9. The highest BCUT2D eigenvalue weighted by Gasteiger charge is 2.22. The minimum Gasteiger partial charge on any atom is -0.345 e. The number of carbonyl (C=O) groups is 1. The van der Waals surface area contributed by atoms with E-state index in [1.54, 1.807) is 15.4 Å². The number of nitrogens with one attached hydrogen (secondary N) is 1. The van der Waals surface area contributed by atoms with Crippen LogP contribution in [0.3, 0.4) is 0 Å². The van der Waals surface area contributed by atoms with Crippen LogP contribution in [0.1, 0.15) is 45.7 Å². The van der Waals surface area contributed by atoms with Crippen LogP contribution in [0.4, 0.5) is 0 Å². The van der Waals surface area contributed by atoms with E-state index in [2.05, 4.69) is 33.4 Å². The highest BCUT2D eigenvalue weighted by atomic mass is 16.1. The Morgan fingerprint density at radius 1 is 1.00 bits per heavy atom. The zero-order chi connectivity index (χ0) is 26.9. The molecule has 0 saturated heterocycles. The molecule has 7 nitrogen and oxygen atoms in total. The molecule has 6 rings (SSSR count). The maximum Gasteiger partial charge on any atom is 0.255 e. The predicted molar refractivity (Wildman–Crippen MR) is 152 cm³/mol. The van der Waals surface area contributed by atoms with Crippen LogP contribution >= 0.6 is 0 Å². The lowest BCUT2D eigenvalue weighted by atomic mass is 9.97. The van der Waals surface area contributed by atoms with E-state index in [4.69, 9.17) is 4.98 Å². The van der Waals surface area contributed by atoms with Crippen molar-refractivity contribution >= 4 is 22.3 Å². The molecule has 7 heteroatoms. The summed E-state index contributed by atoms with van der Waals surface area (Å²) in [4.78, 5) is 18.6. The minimum atomic E-state index is -0.312. The highest BCUT2D eigenvalue weighted by molar-refractivity contribution is 6.02. The normalized spacial score (nSPS) is 11.8. The Morgan fingerprint density at radius 3 is 2.62 bits per heavy atom. The second-order valence-electron chi connectivity index (χ2n) is 9.51. The van der Waals surface area contributed by atoms with Crippen molar-refractivity contribution < 1.29 is 4.79 Å². The number of aromatic nitrogens is 5.